The fraction of sp³-hybridized carbons (Fsp3) is 0.533. The number of fused-ring (bicyclic) bond motifs is 2. The van der Waals surface area contributed by atoms with Crippen molar-refractivity contribution in [1.82, 2.24) is 19.5 Å². The van der Waals surface area contributed by atoms with Gasteiger partial charge < -0.3 is 25.8 Å². The number of aromatic nitrogens is 4. The van der Waals surface area contributed by atoms with Crippen molar-refractivity contribution < 1.29 is 20.1 Å². The summed E-state index contributed by atoms with van der Waals surface area (Å²) in [6, 6.07) is 0.145. The van der Waals surface area contributed by atoms with E-state index in [1.165, 1.54) is 6.33 Å². The molecule has 9 nitrogen and oxygen atoms in total. The topological polar surface area (TPSA) is 140 Å². The Hall–Kier alpha value is -2.39. The van der Waals surface area contributed by atoms with Crippen LogP contribution in [0, 0.1) is 11.3 Å². The molecule has 0 aliphatic heterocycles. The van der Waals surface area contributed by atoms with Gasteiger partial charge in [0.25, 0.3) is 0 Å². The van der Waals surface area contributed by atoms with E-state index in [1.807, 2.05) is 6.92 Å². The third kappa shape index (κ3) is 1.85. The molecule has 128 valence electrons. The zero-order valence-electron chi connectivity index (χ0n) is 13.2. The van der Waals surface area contributed by atoms with Gasteiger partial charge >= 0.3 is 6.01 Å². The number of rotatable bonds is 5. The van der Waals surface area contributed by atoms with Crippen LogP contribution in [0.5, 0.6) is 6.01 Å². The maximum Gasteiger partial charge on any atom is 0.320 e. The van der Waals surface area contributed by atoms with E-state index in [0.29, 0.717) is 29.9 Å². The minimum Gasteiger partial charge on any atom is -0.508 e. The van der Waals surface area contributed by atoms with E-state index in [0.717, 1.165) is 6.42 Å². The van der Waals surface area contributed by atoms with Gasteiger partial charge in [0.05, 0.1) is 18.9 Å². The molecule has 0 saturated heterocycles. The van der Waals surface area contributed by atoms with Crippen molar-refractivity contribution in [3.63, 3.8) is 0 Å². The molecule has 0 amide bonds. The zero-order chi connectivity index (χ0) is 17.1. The highest BCUT2D eigenvalue weighted by atomic mass is 16.5. The van der Waals surface area contributed by atoms with Crippen LogP contribution in [0.15, 0.2) is 12.1 Å². The SMILES string of the molecule is CCCOc1nc(N)c2ncn(C3=C(O)C(O)[C@]4(CO)C[C@H]34)c2n1. The first kappa shape index (κ1) is 15.2. The number of aliphatic hydroxyl groups excluding tert-OH is 3. The van der Waals surface area contributed by atoms with Crippen molar-refractivity contribution in [2.45, 2.75) is 25.9 Å². The Morgan fingerprint density at radius 3 is 2.92 bits per heavy atom. The van der Waals surface area contributed by atoms with Crippen LogP contribution in [0.4, 0.5) is 5.82 Å². The first-order valence-electron chi connectivity index (χ1n) is 7.89. The Morgan fingerprint density at radius 2 is 2.25 bits per heavy atom. The van der Waals surface area contributed by atoms with E-state index in [9.17, 15) is 15.3 Å². The molecule has 9 heteroatoms. The summed E-state index contributed by atoms with van der Waals surface area (Å²) in [5.74, 6) is -0.119. The molecule has 2 aromatic rings. The zero-order valence-corrected chi connectivity index (χ0v) is 13.2. The summed E-state index contributed by atoms with van der Waals surface area (Å²) >= 11 is 0. The molecule has 1 saturated carbocycles. The normalized spacial score (nSPS) is 28.5. The first-order valence-corrected chi connectivity index (χ1v) is 7.89. The molecule has 0 spiro atoms. The lowest BCUT2D eigenvalue weighted by molar-refractivity contribution is 0.0524. The summed E-state index contributed by atoms with van der Waals surface area (Å²) in [7, 11) is 0. The number of aliphatic hydroxyl groups is 3. The second-order valence-corrected chi connectivity index (χ2v) is 6.35. The molecule has 1 unspecified atom stereocenters. The fourth-order valence-electron chi connectivity index (χ4n) is 3.47. The molecule has 3 atom stereocenters. The third-order valence-corrected chi connectivity index (χ3v) is 4.91. The number of nitrogen functional groups attached to an aromatic ring is 1. The number of nitrogens with two attached hydrogens (primary N) is 1. The summed E-state index contributed by atoms with van der Waals surface area (Å²) in [4.78, 5) is 12.6. The Labute approximate surface area is 137 Å². The number of ether oxygens (including phenoxy) is 1. The average molecular weight is 333 g/mol. The molecule has 2 aliphatic carbocycles. The molecule has 0 bridgehead atoms. The van der Waals surface area contributed by atoms with E-state index in [1.54, 1.807) is 4.57 Å². The van der Waals surface area contributed by atoms with Gasteiger partial charge in [-0.3, -0.25) is 4.57 Å². The van der Waals surface area contributed by atoms with Gasteiger partial charge in [-0.05, 0) is 12.8 Å². The summed E-state index contributed by atoms with van der Waals surface area (Å²) in [5.41, 5.74) is 6.53. The van der Waals surface area contributed by atoms with Crippen LogP contribution < -0.4 is 10.5 Å². The van der Waals surface area contributed by atoms with Crippen LogP contribution in [0.2, 0.25) is 0 Å². The monoisotopic (exact) mass is 333 g/mol. The van der Waals surface area contributed by atoms with Crippen LogP contribution in [0.25, 0.3) is 16.9 Å². The second-order valence-electron chi connectivity index (χ2n) is 6.35. The molecule has 2 heterocycles. The van der Waals surface area contributed by atoms with Gasteiger partial charge in [0.1, 0.15) is 18.2 Å². The van der Waals surface area contributed by atoms with E-state index in [4.69, 9.17) is 10.5 Å². The maximum absolute atomic E-state index is 10.3. The lowest BCUT2D eigenvalue weighted by atomic mass is 10.0. The van der Waals surface area contributed by atoms with Crippen LogP contribution in [-0.4, -0.2) is 54.2 Å². The fourth-order valence-corrected chi connectivity index (χ4v) is 3.47. The first-order chi connectivity index (χ1) is 11.5. The van der Waals surface area contributed by atoms with Crippen LogP contribution in [0.3, 0.4) is 0 Å². The predicted molar refractivity (Wildman–Crippen MR) is 85.0 cm³/mol. The Bertz CT molecular complexity index is 848. The van der Waals surface area contributed by atoms with E-state index < -0.39 is 11.5 Å². The van der Waals surface area contributed by atoms with Gasteiger partial charge in [-0.2, -0.15) is 9.97 Å². The number of hydrogen-bond donors (Lipinski definition) is 4. The summed E-state index contributed by atoms with van der Waals surface area (Å²) < 4.78 is 7.04. The summed E-state index contributed by atoms with van der Waals surface area (Å²) in [6.07, 6.45) is 1.81. The van der Waals surface area contributed by atoms with Gasteiger partial charge in [-0.1, -0.05) is 6.92 Å². The van der Waals surface area contributed by atoms with Crippen molar-refractivity contribution in [1.29, 1.82) is 0 Å². The average Bonchev–Trinajstić information content (AvgIpc) is 3.09. The number of imidazole rings is 1. The smallest absolute Gasteiger partial charge is 0.320 e. The molecule has 4 rings (SSSR count). The van der Waals surface area contributed by atoms with Crippen LogP contribution in [-0.2, 0) is 0 Å². The Kier molecular flexibility index (Phi) is 3.19. The molecule has 24 heavy (non-hydrogen) atoms. The minimum atomic E-state index is -1.09. The minimum absolute atomic E-state index is 0.145. The molecule has 1 fully saturated rings. The molecule has 2 aromatic heterocycles. The van der Waals surface area contributed by atoms with Crippen molar-refractivity contribution in [2.24, 2.45) is 11.3 Å². The van der Waals surface area contributed by atoms with Gasteiger partial charge in [0, 0.05) is 11.3 Å². The molecule has 0 radical (unpaired) electrons. The van der Waals surface area contributed by atoms with Crippen molar-refractivity contribution in [3.05, 3.63) is 12.1 Å². The van der Waals surface area contributed by atoms with Crippen molar-refractivity contribution in [3.8, 4) is 6.01 Å². The number of hydrogen-bond acceptors (Lipinski definition) is 8. The number of anilines is 1. The van der Waals surface area contributed by atoms with Gasteiger partial charge in [0.2, 0.25) is 0 Å². The van der Waals surface area contributed by atoms with E-state index in [2.05, 4.69) is 15.0 Å². The molecule has 5 N–H and O–H groups in total. The lowest BCUT2D eigenvalue weighted by Gasteiger charge is -2.14. The summed E-state index contributed by atoms with van der Waals surface area (Å²) in [6.45, 7) is 2.24. The van der Waals surface area contributed by atoms with Crippen molar-refractivity contribution >= 4 is 22.7 Å². The van der Waals surface area contributed by atoms with E-state index in [-0.39, 0.29) is 30.1 Å². The molecular formula is C15H19N5O4. The number of nitrogens with zero attached hydrogens (tertiary/aromatic N) is 4. The maximum atomic E-state index is 10.3. The van der Waals surface area contributed by atoms with Gasteiger partial charge in [-0.15, -0.1) is 0 Å². The van der Waals surface area contributed by atoms with Gasteiger partial charge in [-0.25, -0.2) is 4.98 Å². The lowest BCUT2D eigenvalue weighted by Crippen LogP contribution is -2.25. The van der Waals surface area contributed by atoms with Gasteiger partial charge in [0.15, 0.2) is 17.0 Å². The van der Waals surface area contributed by atoms with Crippen LogP contribution in [0.1, 0.15) is 19.8 Å². The molecular weight excluding hydrogens is 314 g/mol. The van der Waals surface area contributed by atoms with Crippen molar-refractivity contribution in [2.75, 3.05) is 18.9 Å². The Morgan fingerprint density at radius 1 is 1.46 bits per heavy atom. The molecule has 0 aromatic carbocycles. The molecule has 2 aliphatic rings. The highest BCUT2D eigenvalue weighted by Crippen LogP contribution is 2.66. The highest BCUT2D eigenvalue weighted by Gasteiger charge is 2.67. The predicted octanol–water partition coefficient (Wildman–Crippen LogP) is 0.297. The van der Waals surface area contributed by atoms with E-state index >= 15 is 0 Å². The largest absolute Gasteiger partial charge is 0.508 e. The summed E-state index contributed by atoms with van der Waals surface area (Å²) in [5, 5.41) is 30.2. The standard InChI is InChI=1S/C15H19N5O4/c1-2-3-24-14-18-12(16)8-13(19-14)20(6-17-8)9-7-4-15(7,5-21)11(23)10(9)22/h6-7,11,21-23H,2-5H2,1H3,(H2,16,18,19)/t7-,11?,15+/m1/s1. The highest BCUT2D eigenvalue weighted by molar-refractivity contribution is 5.85. The quantitative estimate of drug-likeness (QED) is 0.612. The Balaban J connectivity index is 1.82. The third-order valence-electron chi connectivity index (χ3n) is 4.91. The number of allylic oxidation sites excluding steroid dienone is 1. The van der Waals surface area contributed by atoms with Crippen LogP contribution >= 0.6 is 0 Å². The second kappa shape index (κ2) is 5.05.